The summed E-state index contributed by atoms with van der Waals surface area (Å²) < 4.78 is 2.64. The van der Waals surface area contributed by atoms with Gasteiger partial charge in [0, 0.05) is 36.8 Å². The second-order valence-electron chi connectivity index (χ2n) is 7.46. The monoisotopic (exact) mass is 469 g/mol. The van der Waals surface area contributed by atoms with Gasteiger partial charge in [-0.1, -0.05) is 28.1 Å². The first kappa shape index (κ1) is 20.5. The molecule has 1 amide bonds. The Hall–Kier alpha value is -2.74. The van der Waals surface area contributed by atoms with Gasteiger partial charge in [-0.15, -0.1) is 0 Å². The number of fused-ring (bicyclic) bond motifs is 1. The molecule has 0 radical (unpaired) electrons. The summed E-state index contributed by atoms with van der Waals surface area (Å²) in [4.78, 5) is 36.7. The predicted molar refractivity (Wildman–Crippen MR) is 120 cm³/mol. The lowest BCUT2D eigenvalue weighted by Crippen LogP contribution is -2.45. The minimum atomic E-state index is -0.174. The van der Waals surface area contributed by atoms with Gasteiger partial charge in [0.2, 0.25) is 5.91 Å². The minimum Gasteiger partial charge on any atom is -0.352 e. The van der Waals surface area contributed by atoms with Crippen molar-refractivity contribution in [1.29, 1.82) is 0 Å². The van der Waals surface area contributed by atoms with Crippen molar-refractivity contribution < 1.29 is 4.79 Å². The van der Waals surface area contributed by atoms with Gasteiger partial charge < -0.3 is 10.2 Å². The molecular formula is C22H24BrN5O2. The molecule has 3 heterocycles. The van der Waals surface area contributed by atoms with Crippen LogP contribution in [-0.4, -0.2) is 33.5 Å². The van der Waals surface area contributed by atoms with Gasteiger partial charge in [-0.3, -0.25) is 14.2 Å². The molecule has 1 saturated heterocycles. The molecule has 0 unspecified atom stereocenters. The molecule has 30 heavy (non-hydrogen) atoms. The Bertz CT molecular complexity index is 1130. The highest BCUT2D eigenvalue weighted by Gasteiger charge is 2.28. The summed E-state index contributed by atoms with van der Waals surface area (Å²) in [5.74, 6) is 0.242. The summed E-state index contributed by atoms with van der Waals surface area (Å²) in [6.45, 7) is 4.13. The van der Waals surface area contributed by atoms with Crippen LogP contribution in [0.15, 0.2) is 51.9 Å². The number of hydrogen-bond acceptors (Lipinski definition) is 5. The van der Waals surface area contributed by atoms with E-state index in [4.69, 9.17) is 0 Å². The summed E-state index contributed by atoms with van der Waals surface area (Å²) in [5, 5.41) is 3.03. The van der Waals surface area contributed by atoms with E-state index in [0.29, 0.717) is 43.2 Å². The smallest absolute Gasteiger partial charge is 0.295 e. The maximum absolute atomic E-state index is 13.0. The molecule has 0 spiro atoms. The first-order valence-electron chi connectivity index (χ1n) is 10.2. The largest absolute Gasteiger partial charge is 0.352 e. The zero-order valence-corrected chi connectivity index (χ0v) is 18.4. The Labute approximate surface area is 183 Å². The molecule has 0 bridgehead atoms. The van der Waals surface area contributed by atoms with Gasteiger partial charge in [0.05, 0.1) is 5.92 Å². The molecule has 156 valence electrons. The number of benzene rings is 1. The van der Waals surface area contributed by atoms with Crippen LogP contribution >= 0.6 is 15.9 Å². The average molecular weight is 470 g/mol. The number of carbonyl (C=O) groups excluding carboxylic acids is 1. The minimum absolute atomic E-state index is 0.0120. The Balaban J connectivity index is 1.52. The highest BCUT2D eigenvalue weighted by Crippen LogP contribution is 2.21. The van der Waals surface area contributed by atoms with E-state index in [0.717, 1.165) is 22.9 Å². The Morgan fingerprint density at radius 3 is 2.97 bits per heavy atom. The number of aryl methyl sites for hydroxylation is 1. The lowest BCUT2D eigenvalue weighted by molar-refractivity contribution is -0.125. The second kappa shape index (κ2) is 8.95. The average Bonchev–Trinajstić information content (AvgIpc) is 2.77. The maximum Gasteiger partial charge on any atom is 0.295 e. The lowest BCUT2D eigenvalue weighted by atomic mass is 9.97. The maximum atomic E-state index is 13.0. The standard InChI is InChI=1S/C22H24BrN5O2/c1-2-28-19-18(9-4-10-24-19)26-20(22(28)30)27-11-5-7-16(14-27)21(29)25-13-15-6-3-8-17(23)12-15/h3-4,6,8-10,12,16H,2,5,7,11,13-14H2,1H3,(H,25,29)/t16-/m0/s1. The van der Waals surface area contributed by atoms with Crippen molar-refractivity contribution in [2.24, 2.45) is 5.92 Å². The van der Waals surface area contributed by atoms with E-state index in [1.165, 1.54) is 0 Å². The first-order chi connectivity index (χ1) is 14.6. The van der Waals surface area contributed by atoms with Crippen LogP contribution in [-0.2, 0) is 17.9 Å². The van der Waals surface area contributed by atoms with Gasteiger partial charge >= 0.3 is 0 Å². The molecular weight excluding hydrogens is 446 g/mol. The molecule has 1 fully saturated rings. The molecule has 8 heteroatoms. The van der Waals surface area contributed by atoms with E-state index in [2.05, 4.69) is 31.2 Å². The molecule has 4 rings (SSSR count). The van der Waals surface area contributed by atoms with Crippen LogP contribution in [0.1, 0.15) is 25.3 Å². The fourth-order valence-electron chi connectivity index (χ4n) is 3.93. The van der Waals surface area contributed by atoms with Crippen LogP contribution in [0.25, 0.3) is 11.2 Å². The Kier molecular flexibility index (Phi) is 6.13. The highest BCUT2D eigenvalue weighted by molar-refractivity contribution is 9.10. The van der Waals surface area contributed by atoms with Crippen molar-refractivity contribution in [1.82, 2.24) is 19.9 Å². The van der Waals surface area contributed by atoms with E-state index in [1.807, 2.05) is 48.2 Å². The van der Waals surface area contributed by atoms with Crippen molar-refractivity contribution >= 4 is 38.8 Å². The lowest BCUT2D eigenvalue weighted by Gasteiger charge is -2.32. The number of carbonyl (C=O) groups is 1. The van der Waals surface area contributed by atoms with Crippen molar-refractivity contribution in [3.63, 3.8) is 0 Å². The number of nitrogens with one attached hydrogen (secondary N) is 1. The number of anilines is 1. The number of hydrogen-bond donors (Lipinski definition) is 1. The first-order valence-corrected chi connectivity index (χ1v) is 11.0. The zero-order valence-electron chi connectivity index (χ0n) is 16.8. The van der Waals surface area contributed by atoms with Crippen LogP contribution in [0.2, 0.25) is 0 Å². The highest BCUT2D eigenvalue weighted by atomic mass is 79.9. The number of nitrogens with zero attached hydrogens (tertiary/aromatic N) is 4. The third kappa shape index (κ3) is 4.23. The van der Waals surface area contributed by atoms with Crippen LogP contribution in [0.5, 0.6) is 0 Å². The topological polar surface area (TPSA) is 80.1 Å². The second-order valence-corrected chi connectivity index (χ2v) is 8.38. The summed E-state index contributed by atoms with van der Waals surface area (Å²) in [7, 11) is 0. The fourth-order valence-corrected chi connectivity index (χ4v) is 4.37. The molecule has 1 aliphatic heterocycles. The van der Waals surface area contributed by atoms with Gasteiger partial charge in [-0.05, 0) is 49.6 Å². The quantitative estimate of drug-likeness (QED) is 0.620. The van der Waals surface area contributed by atoms with E-state index >= 15 is 0 Å². The molecule has 1 atom stereocenters. The normalized spacial score (nSPS) is 16.6. The van der Waals surface area contributed by atoms with Gasteiger partial charge in [-0.25, -0.2) is 9.97 Å². The van der Waals surface area contributed by atoms with Crippen LogP contribution in [0, 0.1) is 5.92 Å². The number of halogens is 1. The third-order valence-corrected chi connectivity index (χ3v) is 5.94. The molecule has 1 aromatic carbocycles. The molecule has 3 aromatic rings. The Morgan fingerprint density at radius 1 is 1.30 bits per heavy atom. The Morgan fingerprint density at radius 2 is 2.17 bits per heavy atom. The molecule has 0 aliphatic carbocycles. The van der Waals surface area contributed by atoms with E-state index in [1.54, 1.807) is 10.8 Å². The summed E-state index contributed by atoms with van der Waals surface area (Å²) in [5.41, 5.74) is 2.17. The molecule has 7 nitrogen and oxygen atoms in total. The molecule has 0 saturated carbocycles. The van der Waals surface area contributed by atoms with E-state index in [-0.39, 0.29) is 17.4 Å². The number of piperidine rings is 1. The van der Waals surface area contributed by atoms with E-state index < -0.39 is 0 Å². The third-order valence-electron chi connectivity index (χ3n) is 5.45. The number of pyridine rings is 1. The van der Waals surface area contributed by atoms with Gasteiger partial charge in [-0.2, -0.15) is 0 Å². The SMILES string of the molecule is CCn1c(=O)c(N2CCC[C@H](C(=O)NCc3cccc(Br)c3)C2)nc2cccnc21. The van der Waals surface area contributed by atoms with Gasteiger partial charge in [0.1, 0.15) is 5.52 Å². The zero-order chi connectivity index (χ0) is 21.1. The van der Waals surface area contributed by atoms with E-state index in [9.17, 15) is 9.59 Å². The predicted octanol–water partition coefficient (Wildman–Crippen LogP) is 3.11. The van der Waals surface area contributed by atoms with Gasteiger partial charge in [0.15, 0.2) is 11.5 Å². The van der Waals surface area contributed by atoms with Crippen molar-refractivity contribution in [3.05, 3.63) is 63.0 Å². The molecule has 1 aliphatic rings. The summed E-state index contributed by atoms with van der Waals surface area (Å²) in [6.07, 6.45) is 3.31. The van der Waals surface area contributed by atoms with Crippen molar-refractivity contribution in [2.75, 3.05) is 18.0 Å². The fraction of sp³-hybridized carbons (Fsp3) is 0.364. The van der Waals surface area contributed by atoms with Crippen LogP contribution < -0.4 is 15.8 Å². The summed E-state index contributed by atoms with van der Waals surface area (Å²) >= 11 is 3.45. The van der Waals surface area contributed by atoms with Crippen LogP contribution in [0.4, 0.5) is 5.82 Å². The van der Waals surface area contributed by atoms with Crippen molar-refractivity contribution in [3.8, 4) is 0 Å². The van der Waals surface area contributed by atoms with Crippen LogP contribution in [0.3, 0.4) is 0 Å². The number of amides is 1. The van der Waals surface area contributed by atoms with Crippen molar-refractivity contribution in [2.45, 2.75) is 32.9 Å². The molecule has 2 aromatic heterocycles. The van der Waals surface area contributed by atoms with Gasteiger partial charge in [0.25, 0.3) is 5.56 Å². The molecule has 1 N–H and O–H groups in total. The summed E-state index contributed by atoms with van der Waals surface area (Å²) in [6, 6.07) is 11.6. The number of aromatic nitrogens is 3. The number of rotatable bonds is 5.